The van der Waals surface area contributed by atoms with Crippen molar-refractivity contribution in [3.63, 3.8) is 0 Å². The second-order valence-corrected chi connectivity index (χ2v) is 6.64. The van der Waals surface area contributed by atoms with Crippen molar-refractivity contribution in [2.45, 2.75) is 45.7 Å². The number of hydrogen-bond acceptors (Lipinski definition) is 3. The van der Waals surface area contributed by atoms with Crippen LogP contribution in [0.5, 0.6) is 0 Å². The maximum atomic E-state index is 12.6. The lowest BCUT2D eigenvalue weighted by Crippen LogP contribution is -2.64. The molecule has 2 aliphatic heterocycles. The van der Waals surface area contributed by atoms with Gasteiger partial charge in [-0.1, -0.05) is 13.8 Å². The highest BCUT2D eigenvalue weighted by Gasteiger charge is 2.40. The maximum absolute atomic E-state index is 12.6. The molecule has 2 fully saturated rings. The average molecular weight is 281 g/mol. The summed E-state index contributed by atoms with van der Waals surface area (Å²) in [6.45, 7) is 8.68. The van der Waals surface area contributed by atoms with Gasteiger partial charge in [0.25, 0.3) is 0 Å². The zero-order valence-electron chi connectivity index (χ0n) is 13.1. The summed E-state index contributed by atoms with van der Waals surface area (Å²) in [5.74, 6) is 0.734. The number of likely N-dealkylation sites (tertiary alicyclic amines) is 1. The van der Waals surface area contributed by atoms with Crippen LogP contribution in [0.3, 0.4) is 0 Å². The summed E-state index contributed by atoms with van der Waals surface area (Å²) in [6, 6.07) is -0.692. The van der Waals surface area contributed by atoms with Crippen LogP contribution < -0.4 is 5.32 Å². The monoisotopic (exact) mass is 281 g/mol. The molecule has 20 heavy (non-hydrogen) atoms. The Hall–Kier alpha value is -1.10. The third kappa shape index (κ3) is 3.14. The summed E-state index contributed by atoms with van der Waals surface area (Å²) in [4.78, 5) is 28.7. The molecule has 2 saturated heterocycles. The zero-order chi connectivity index (χ0) is 14.9. The molecule has 0 aromatic heterocycles. The number of rotatable bonds is 3. The highest BCUT2D eigenvalue weighted by atomic mass is 16.2. The van der Waals surface area contributed by atoms with Gasteiger partial charge in [0.05, 0.1) is 0 Å². The highest BCUT2D eigenvalue weighted by molar-refractivity contribution is 5.96. The fraction of sp³-hybridized carbons (Fsp3) is 0.867. The minimum atomic E-state index is -0.357. The molecule has 2 aliphatic rings. The Balaban J connectivity index is 2.03. The van der Waals surface area contributed by atoms with Crippen molar-refractivity contribution in [1.29, 1.82) is 0 Å². The molecule has 2 heterocycles. The van der Waals surface area contributed by atoms with E-state index in [4.69, 9.17) is 0 Å². The van der Waals surface area contributed by atoms with E-state index in [1.54, 1.807) is 4.90 Å². The highest BCUT2D eigenvalue weighted by Crippen LogP contribution is 2.22. The van der Waals surface area contributed by atoms with E-state index in [-0.39, 0.29) is 29.8 Å². The molecule has 0 bridgehead atoms. The average Bonchev–Trinajstić information content (AvgIpc) is 2.40. The topological polar surface area (TPSA) is 52.7 Å². The van der Waals surface area contributed by atoms with Crippen LogP contribution in [0.2, 0.25) is 0 Å². The number of amides is 2. The lowest BCUT2D eigenvalue weighted by Gasteiger charge is -2.41. The minimum absolute atomic E-state index is 0.0174. The maximum Gasteiger partial charge on any atom is 0.246 e. The van der Waals surface area contributed by atoms with E-state index in [0.29, 0.717) is 5.92 Å². The largest absolute Gasteiger partial charge is 0.342 e. The van der Waals surface area contributed by atoms with E-state index in [2.05, 4.69) is 17.3 Å². The smallest absolute Gasteiger partial charge is 0.246 e. The zero-order valence-corrected chi connectivity index (χ0v) is 13.1. The number of carbonyl (C=O) groups excluding carboxylic acids is 2. The van der Waals surface area contributed by atoms with Crippen molar-refractivity contribution >= 4 is 11.8 Å². The molecule has 1 N–H and O–H groups in total. The molecular formula is C15H27N3O2. The Kier molecular flexibility index (Phi) is 4.68. The Labute approximate surface area is 121 Å². The normalized spacial score (nSPS) is 29.9. The summed E-state index contributed by atoms with van der Waals surface area (Å²) in [6.07, 6.45) is 2.22. The third-order valence-corrected chi connectivity index (χ3v) is 4.65. The van der Waals surface area contributed by atoms with Gasteiger partial charge >= 0.3 is 0 Å². The summed E-state index contributed by atoms with van der Waals surface area (Å²) < 4.78 is 0. The van der Waals surface area contributed by atoms with E-state index in [1.165, 1.54) is 0 Å². The first-order valence-electron chi connectivity index (χ1n) is 7.69. The molecule has 5 heteroatoms. The van der Waals surface area contributed by atoms with Crippen molar-refractivity contribution in [2.75, 3.05) is 26.7 Å². The minimum Gasteiger partial charge on any atom is -0.342 e. The van der Waals surface area contributed by atoms with E-state index in [1.807, 2.05) is 20.8 Å². The van der Waals surface area contributed by atoms with Gasteiger partial charge in [-0.15, -0.1) is 0 Å². The fourth-order valence-corrected chi connectivity index (χ4v) is 3.07. The Morgan fingerprint density at radius 2 is 1.85 bits per heavy atom. The van der Waals surface area contributed by atoms with E-state index < -0.39 is 0 Å². The van der Waals surface area contributed by atoms with Crippen LogP contribution >= 0.6 is 0 Å². The summed E-state index contributed by atoms with van der Waals surface area (Å²) in [5.41, 5.74) is 0. The van der Waals surface area contributed by atoms with E-state index in [9.17, 15) is 9.59 Å². The SMILES string of the molecule is CC(C)C1NC(=O)C(C)N(CC2CCN(C)CC2)C1=O. The van der Waals surface area contributed by atoms with Crippen LogP contribution in [0.1, 0.15) is 33.6 Å². The Morgan fingerprint density at radius 3 is 2.40 bits per heavy atom. The molecule has 0 aliphatic carbocycles. The second kappa shape index (κ2) is 6.12. The van der Waals surface area contributed by atoms with Gasteiger partial charge in [0.15, 0.2) is 0 Å². The van der Waals surface area contributed by atoms with Crippen LogP contribution in [-0.2, 0) is 9.59 Å². The summed E-state index contributed by atoms with van der Waals surface area (Å²) in [5, 5.41) is 2.85. The molecular weight excluding hydrogens is 254 g/mol. The van der Waals surface area contributed by atoms with Crippen molar-refractivity contribution < 1.29 is 9.59 Å². The van der Waals surface area contributed by atoms with Crippen molar-refractivity contribution in [3.05, 3.63) is 0 Å². The van der Waals surface area contributed by atoms with E-state index in [0.717, 1.165) is 32.5 Å². The number of nitrogens with one attached hydrogen (secondary N) is 1. The van der Waals surface area contributed by atoms with Crippen LogP contribution in [0.15, 0.2) is 0 Å². The Bertz CT molecular complexity index is 375. The first-order valence-corrected chi connectivity index (χ1v) is 7.69. The van der Waals surface area contributed by atoms with Gasteiger partial charge < -0.3 is 15.1 Å². The Morgan fingerprint density at radius 1 is 1.25 bits per heavy atom. The van der Waals surface area contributed by atoms with Gasteiger partial charge in [0.1, 0.15) is 12.1 Å². The molecule has 2 amide bonds. The van der Waals surface area contributed by atoms with Gasteiger partial charge in [-0.2, -0.15) is 0 Å². The number of nitrogens with zero attached hydrogens (tertiary/aromatic N) is 2. The molecule has 5 nitrogen and oxygen atoms in total. The molecule has 114 valence electrons. The first-order chi connectivity index (χ1) is 9.40. The van der Waals surface area contributed by atoms with Gasteiger partial charge in [-0.25, -0.2) is 0 Å². The summed E-state index contributed by atoms with van der Waals surface area (Å²) >= 11 is 0. The van der Waals surface area contributed by atoms with Gasteiger partial charge in [-0.3, -0.25) is 9.59 Å². The molecule has 0 radical (unpaired) electrons. The molecule has 2 rings (SSSR count). The van der Waals surface area contributed by atoms with Crippen molar-refractivity contribution in [2.24, 2.45) is 11.8 Å². The van der Waals surface area contributed by atoms with Crippen LogP contribution in [-0.4, -0.2) is 60.4 Å². The number of carbonyl (C=O) groups is 2. The quantitative estimate of drug-likeness (QED) is 0.828. The molecule has 0 saturated carbocycles. The number of piperidine rings is 1. The molecule has 0 spiro atoms. The van der Waals surface area contributed by atoms with Gasteiger partial charge in [-0.05, 0) is 51.7 Å². The molecule has 0 aromatic carbocycles. The third-order valence-electron chi connectivity index (χ3n) is 4.65. The standard InChI is InChI=1S/C15H27N3O2/c1-10(2)13-15(20)18(11(3)14(19)16-13)9-12-5-7-17(4)8-6-12/h10-13H,5-9H2,1-4H3,(H,16,19). The van der Waals surface area contributed by atoms with Crippen LogP contribution in [0.25, 0.3) is 0 Å². The van der Waals surface area contributed by atoms with Crippen molar-refractivity contribution in [1.82, 2.24) is 15.1 Å². The fourth-order valence-electron chi connectivity index (χ4n) is 3.07. The van der Waals surface area contributed by atoms with Crippen LogP contribution in [0.4, 0.5) is 0 Å². The lowest BCUT2D eigenvalue weighted by molar-refractivity contribution is -0.150. The lowest BCUT2D eigenvalue weighted by atomic mass is 9.93. The first kappa shape index (κ1) is 15.3. The van der Waals surface area contributed by atoms with E-state index >= 15 is 0 Å². The molecule has 0 aromatic rings. The predicted molar refractivity (Wildman–Crippen MR) is 78.2 cm³/mol. The van der Waals surface area contributed by atoms with Crippen LogP contribution in [0, 0.1) is 11.8 Å². The van der Waals surface area contributed by atoms with Gasteiger partial charge in [0.2, 0.25) is 11.8 Å². The summed E-state index contributed by atoms with van der Waals surface area (Å²) in [7, 11) is 2.13. The second-order valence-electron chi connectivity index (χ2n) is 6.64. The molecule has 2 unspecified atom stereocenters. The number of piperazine rings is 1. The predicted octanol–water partition coefficient (Wildman–Crippen LogP) is 0.700. The van der Waals surface area contributed by atoms with Crippen molar-refractivity contribution in [3.8, 4) is 0 Å². The molecule has 2 atom stereocenters. The number of hydrogen-bond donors (Lipinski definition) is 1. The van der Waals surface area contributed by atoms with Gasteiger partial charge in [0, 0.05) is 6.54 Å².